The first-order valence-corrected chi connectivity index (χ1v) is 7.21. The molecule has 0 aliphatic rings. The van der Waals surface area contributed by atoms with E-state index in [1.807, 2.05) is 0 Å². The van der Waals surface area contributed by atoms with E-state index in [2.05, 4.69) is 59.5 Å². The third kappa shape index (κ3) is 2.45. The van der Waals surface area contributed by atoms with Crippen LogP contribution in [0.2, 0.25) is 0 Å². The number of fused-ring (bicyclic) bond motifs is 1. The average Bonchev–Trinajstić information content (AvgIpc) is 2.67. The van der Waals surface area contributed by atoms with Crippen molar-refractivity contribution in [1.82, 2.24) is 9.55 Å². The minimum atomic E-state index is 0.392. The molecule has 0 spiro atoms. The molecule has 1 heterocycles. The highest BCUT2D eigenvalue weighted by molar-refractivity contribution is 9.10. The van der Waals surface area contributed by atoms with Crippen molar-refractivity contribution in [2.75, 3.05) is 6.54 Å². The molecule has 0 radical (unpaired) electrons. The second-order valence-electron chi connectivity index (χ2n) is 5.05. The summed E-state index contributed by atoms with van der Waals surface area (Å²) in [5.74, 6) is 1.53. The summed E-state index contributed by atoms with van der Waals surface area (Å²) in [6.45, 7) is 7.29. The van der Waals surface area contributed by atoms with E-state index in [0.29, 0.717) is 18.5 Å². The van der Waals surface area contributed by atoms with E-state index >= 15 is 0 Å². The Labute approximate surface area is 117 Å². The highest BCUT2D eigenvalue weighted by Gasteiger charge is 2.17. The van der Waals surface area contributed by atoms with Crippen molar-refractivity contribution < 1.29 is 0 Å². The Hall–Kier alpha value is -0.870. The lowest BCUT2D eigenvalue weighted by Crippen LogP contribution is -2.12. The van der Waals surface area contributed by atoms with E-state index < -0.39 is 0 Å². The van der Waals surface area contributed by atoms with E-state index in [1.165, 1.54) is 5.52 Å². The predicted octanol–water partition coefficient (Wildman–Crippen LogP) is 3.83. The van der Waals surface area contributed by atoms with E-state index in [4.69, 9.17) is 10.7 Å². The Morgan fingerprint density at radius 1 is 1.33 bits per heavy atom. The number of halogens is 1. The molecule has 0 aliphatic carbocycles. The molecule has 0 bridgehead atoms. The Balaban J connectivity index is 2.60. The fourth-order valence-corrected chi connectivity index (χ4v) is 2.71. The van der Waals surface area contributed by atoms with Gasteiger partial charge in [-0.05, 0) is 45.0 Å². The first kappa shape index (κ1) is 13.6. The van der Waals surface area contributed by atoms with Crippen LogP contribution in [0.15, 0.2) is 22.7 Å². The monoisotopic (exact) mass is 309 g/mol. The van der Waals surface area contributed by atoms with Gasteiger partial charge in [0.15, 0.2) is 0 Å². The molecule has 1 atom stereocenters. The molecule has 4 heteroatoms. The summed E-state index contributed by atoms with van der Waals surface area (Å²) < 4.78 is 3.39. The van der Waals surface area contributed by atoms with Crippen LogP contribution in [-0.2, 0) is 0 Å². The van der Waals surface area contributed by atoms with Crippen LogP contribution in [0.5, 0.6) is 0 Å². The van der Waals surface area contributed by atoms with Crippen molar-refractivity contribution in [2.24, 2.45) is 5.73 Å². The van der Waals surface area contributed by atoms with Crippen molar-refractivity contribution in [3.05, 3.63) is 28.5 Å². The van der Waals surface area contributed by atoms with Crippen molar-refractivity contribution in [1.29, 1.82) is 0 Å². The van der Waals surface area contributed by atoms with Crippen molar-refractivity contribution in [2.45, 2.75) is 39.2 Å². The molecule has 3 nitrogen and oxygen atoms in total. The Morgan fingerprint density at radius 3 is 2.67 bits per heavy atom. The van der Waals surface area contributed by atoms with Crippen LogP contribution in [0.4, 0.5) is 0 Å². The normalized spacial score (nSPS) is 13.4. The van der Waals surface area contributed by atoms with Crippen LogP contribution < -0.4 is 5.73 Å². The average molecular weight is 310 g/mol. The molecule has 2 aromatic rings. The molecule has 0 saturated heterocycles. The summed E-state index contributed by atoms with van der Waals surface area (Å²) in [5.41, 5.74) is 7.92. The van der Waals surface area contributed by atoms with E-state index in [9.17, 15) is 0 Å². The molecular formula is C14H20BrN3. The lowest BCUT2D eigenvalue weighted by atomic mass is 10.1. The summed E-state index contributed by atoms with van der Waals surface area (Å²) in [6.07, 6.45) is 0.969. The molecule has 1 unspecified atom stereocenters. The summed E-state index contributed by atoms with van der Waals surface area (Å²) in [5, 5.41) is 0. The standard InChI is InChI=1S/C14H20BrN3/c1-9(2)18-13-5-4-11(15)8-12(13)17-14(18)10(3)6-7-16/h4-5,8-10H,6-7,16H2,1-3H3. The van der Waals surface area contributed by atoms with Crippen LogP contribution in [-0.4, -0.2) is 16.1 Å². The van der Waals surface area contributed by atoms with Gasteiger partial charge in [-0.1, -0.05) is 22.9 Å². The Bertz CT molecular complexity index is 545. The zero-order valence-corrected chi connectivity index (χ0v) is 12.7. The van der Waals surface area contributed by atoms with Crippen LogP contribution in [0.1, 0.15) is 45.0 Å². The van der Waals surface area contributed by atoms with Gasteiger partial charge in [-0.15, -0.1) is 0 Å². The second kappa shape index (κ2) is 5.41. The van der Waals surface area contributed by atoms with Crippen molar-refractivity contribution >= 4 is 27.0 Å². The number of benzene rings is 1. The largest absolute Gasteiger partial charge is 0.330 e. The van der Waals surface area contributed by atoms with E-state index in [1.54, 1.807) is 0 Å². The van der Waals surface area contributed by atoms with Gasteiger partial charge in [0, 0.05) is 16.4 Å². The zero-order valence-electron chi connectivity index (χ0n) is 11.2. The zero-order chi connectivity index (χ0) is 13.3. The summed E-state index contributed by atoms with van der Waals surface area (Å²) in [7, 11) is 0. The number of nitrogens with zero attached hydrogens (tertiary/aromatic N) is 2. The second-order valence-corrected chi connectivity index (χ2v) is 5.96. The van der Waals surface area contributed by atoms with Gasteiger partial charge in [0.05, 0.1) is 11.0 Å². The molecule has 2 N–H and O–H groups in total. The fraction of sp³-hybridized carbons (Fsp3) is 0.500. The smallest absolute Gasteiger partial charge is 0.113 e. The number of imidazole rings is 1. The van der Waals surface area contributed by atoms with Crippen molar-refractivity contribution in [3.63, 3.8) is 0 Å². The van der Waals surface area contributed by atoms with E-state index in [-0.39, 0.29) is 0 Å². The van der Waals surface area contributed by atoms with Gasteiger partial charge in [0.2, 0.25) is 0 Å². The third-order valence-corrected chi connectivity index (χ3v) is 3.73. The molecular weight excluding hydrogens is 290 g/mol. The maximum absolute atomic E-state index is 5.67. The van der Waals surface area contributed by atoms with Crippen LogP contribution >= 0.6 is 15.9 Å². The highest BCUT2D eigenvalue weighted by atomic mass is 79.9. The number of rotatable bonds is 4. The first-order valence-electron chi connectivity index (χ1n) is 6.42. The Morgan fingerprint density at radius 2 is 2.06 bits per heavy atom. The molecule has 18 heavy (non-hydrogen) atoms. The summed E-state index contributed by atoms with van der Waals surface area (Å²) >= 11 is 3.50. The highest BCUT2D eigenvalue weighted by Crippen LogP contribution is 2.28. The molecule has 2 rings (SSSR count). The molecule has 0 fully saturated rings. The van der Waals surface area contributed by atoms with Gasteiger partial charge >= 0.3 is 0 Å². The quantitative estimate of drug-likeness (QED) is 0.932. The van der Waals surface area contributed by atoms with Crippen LogP contribution in [0.25, 0.3) is 11.0 Å². The molecule has 1 aromatic heterocycles. The molecule has 0 saturated carbocycles. The number of nitrogens with two attached hydrogens (primary N) is 1. The lowest BCUT2D eigenvalue weighted by Gasteiger charge is -2.17. The van der Waals surface area contributed by atoms with Gasteiger partial charge in [-0.3, -0.25) is 0 Å². The Kier molecular flexibility index (Phi) is 4.07. The van der Waals surface area contributed by atoms with Gasteiger partial charge < -0.3 is 10.3 Å². The lowest BCUT2D eigenvalue weighted by molar-refractivity contribution is 0.538. The number of hydrogen-bond acceptors (Lipinski definition) is 2. The van der Waals surface area contributed by atoms with Crippen molar-refractivity contribution in [3.8, 4) is 0 Å². The molecule has 0 amide bonds. The molecule has 98 valence electrons. The fourth-order valence-electron chi connectivity index (χ4n) is 2.36. The molecule has 1 aromatic carbocycles. The predicted molar refractivity (Wildman–Crippen MR) is 79.9 cm³/mol. The minimum Gasteiger partial charge on any atom is -0.330 e. The first-order chi connectivity index (χ1) is 8.54. The number of aromatic nitrogens is 2. The third-order valence-electron chi connectivity index (χ3n) is 3.24. The van der Waals surface area contributed by atoms with Gasteiger partial charge in [0.1, 0.15) is 5.82 Å². The summed E-state index contributed by atoms with van der Waals surface area (Å²) in [6, 6.07) is 6.68. The van der Waals surface area contributed by atoms with Crippen LogP contribution in [0, 0.1) is 0 Å². The molecule has 0 aliphatic heterocycles. The number of hydrogen-bond donors (Lipinski definition) is 1. The maximum Gasteiger partial charge on any atom is 0.113 e. The van der Waals surface area contributed by atoms with Gasteiger partial charge in [0.25, 0.3) is 0 Å². The topological polar surface area (TPSA) is 43.8 Å². The SMILES string of the molecule is CC(CCN)c1nc2cc(Br)ccc2n1C(C)C. The minimum absolute atomic E-state index is 0.392. The van der Waals surface area contributed by atoms with Gasteiger partial charge in [-0.2, -0.15) is 0 Å². The van der Waals surface area contributed by atoms with Crippen LogP contribution in [0.3, 0.4) is 0 Å². The summed E-state index contributed by atoms with van der Waals surface area (Å²) in [4.78, 5) is 4.79. The maximum atomic E-state index is 5.67. The van der Waals surface area contributed by atoms with E-state index in [0.717, 1.165) is 22.2 Å². The van der Waals surface area contributed by atoms with Gasteiger partial charge in [-0.25, -0.2) is 4.98 Å².